The van der Waals surface area contributed by atoms with E-state index in [0.29, 0.717) is 42.9 Å². The van der Waals surface area contributed by atoms with Gasteiger partial charge in [0.25, 0.3) is 0 Å². The molecule has 0 aliphatic rings. The van der Waals surface area contributed by atoms with Gasteiger partial charge in [-0.1, -0.05) is 6.07 Å². The minimum atomic E-state index is -0.520. The first kappa shape index (κ1) is 23.1. The molecule has 0 unspecified atom stereocenters. The van der Waals surface area contributed by atoms with E-state index in [2.05, 4.69) is 25.6 Å². The molecule has 0 atom stereocenters. The van der Waals surface area contributed by atoms with E-state index in [0.717, 1.165) is 0 Å². The third-order valence-corrected chi connectivity index (χ3v) is 3.62. The molecule has 162 valence electrons. The van der Waals surface area contributed by atoms with E-state index in [9.17, 15) is 9.59 Å². The van der Waals surface area contributed by atoms with Crippen molar-refractivity contribution < 1.29 is 19.1 Å². The first-order valence-electron chi connectivity index (χ1n) is 9.92. The standard InChI is InChI=1S/C21H29N5O4/c1-5-29-18(27)9-12-23-16-14-17(24-13-10-19(28)30-21(2,3)4)26-20(25-16)15-8-6-7-11-22-15/h6-8,11,14H,5,9-10,12-13H2,1-4H3,(H2,23,24,25,26). The Morgan fingerprint density at radius 3 is 2.17 bits per heavy atom. The van der Waals surface area contributed by atoms with E-state index < -0.39 is 5.60 Å². The number of hydrogen-bond acceptors (Lipinski definition) is 9. The molecule has 9 nitrogen and oxygen atoms in total. The second-order valence-corrected chi connectivity index (χ2v) is 7.42. The van der Waals surface area contributed by atoms with Crippen molar-refractivity contribution in [1.82, 2.24) is 15.0 Å². The van der Waals surface area contributed by atoms with Crippen molar-refractivity contribution in [3.8, 4) is 11.5 Å². The van der Waals surface area contributed by atoms with E-state index in [1.807, 2.05) is 39.0 Å². The van der Waals surface area contributed by atoms with E-state index in [4.69, 9.17) is 9.47 Å². The third kappa shape index (κ3) is 8.42. The minimum absolute atomic E-state index is 0.200. The molecule has 2 aromatic rings. The van der Waals surface area contributed by atoms with Gasteiger partial charge in [-0.15, -0.1) is 0 Å². The monoisotopic (exact) mass is 415 g/mol. The van der Waals surface area contributed by atoms with Gasteiger partial charge in [-0.05, 0) is 39.8 Å². The highest BCUT2D eigenvalue weighted by Crippen LogP contribution is 2.19. The predicted octanol–water partition coefficient (Wildman–Crippen LogP) is 3.05. The molecule has 9 heteroatoms. The van der Waals surface area contributed by atoms with Crippen molar-refractivity contribution in [3.05, 3.63) is 30.5 Å². The maximum atomic E-state index is 11.9. The number of nitrogens with zero attached hydrogens (tertiary/aromatic N) is 3. The lowest BCUT2D eigenvalue weighted by Crippen LogP contribution is -2.25. The first-order chi connectivity index (χ1) is 14.3. The molecule has 30 heavy (non-hydrogen) atoms. The average molecular weight is 415 g/mol. The van der Waals surface area contributed by atoms with Crippen LogP contribution in [0.1, 0.15) is 40.5 Å². The Balaban J connectivity index is 2.06. The highest BCUT2D eigenvalue weighted by atomic mass is 16.6. The maximum absolute atomic E-state index is 11.9. The minimum Gasteiger partial charge on any atom is -0.466 e. The van der Waals surface area contributed by atoms with Crippen LogP contribution in [-0.2, 0) is 19.1 Å². The highest BCUT2D eigenvalue weighted by molar-refractivity contribution is 5.71. The molecule has 0 aromatic carbocycles. The molecule has 0 saturated carbocycles. The van der Waals surface area contributed by atoms with Crippen LogP contribution in [0.3, 0.4) is 0 Å². The van der Waals surface area contributed by atoms with Crippen LogP contribution in [-0.4, -0.2) is 52.2 Å². The number of pyridine rings is 1. The number of esters is 2. The zero-order valence-corrected chi connectivity index (χ0v) is 17.9. The Morgan fingerprint density at radius 2 is 1.63 bits per heavy atom. The summed E-state index contributed by atoms with van der Waals surface area (Å²) in [6, 6.07) is 7.18. The van der Waals surface area contributed by atoms with Crippen LogP contribution >= 0.6 is 0 Å². The smallest absolute Gasteiger partial charge is 0.308 e. The van der Waals surface area contributed by atoms with Gasteiger partial charge in [-0.25, -0.2) is 9.97 Å². The second-order valence-electron chi connectivity index (χ2n) is 7.42. The molecule has 0 radical (unpaired) electrons. The van der Waals surface area contributed by atoms with Crippen molar-refractivity contribution in [2.45, 2.75) is 46.1 Å². The summed E-state index contributed by atoms with van der Waals surface area (Å²) in [5.74, 6) is 0.931. The van der Waals surface area contributed by atoms with Gasteiger partial charge in [0.2, 0.25) is 0 Å². The molecule has 0 aliphatic heterocycles. The maximum Gasteiger partial charge on any atom is 0.308 e. The normalized spacial score (nSPS) is 10.9. The fraction of sp³-hybridized carbons (Fsp3) is 0.476. The molecule has 0 spiro atoms. The summed E-state index contributed by atoms with van der Waals surface area (Å²) < 4.78 is 10.2. The molecule has 0 saturated heterocycles. The number of carbonyl (C=O) groups excluding carboxylic acids is 2. The molecule has 2 N–H and O–H groups in total. The molecule has 0 aliphatic carbocycles. The number of ether oxygens (including phenoxy) is 2. The van der Waals surface area contributed by atoms with Crippen molar-refractivity contribution in [1.29, 1.82) is 0 Å². The zero-order chi connectivity index (χ0) is 22.0. The number of nitrogens with one attached hydrogen (secondary N) is 2. The number of carbonyl (C=O) groups is 2. The third-order valence-electron chi connectivity index (χ3n) is 3.62. The van der Waals surface area contributed by atoms with Gasteiger partial charge < -0.3 is 20.1 Å². The van der Waals surface area contributed by atoms with Crippen molar-refractivity contribution in [2.75, 3.05) is 30.3 Å². The predicted molar refractivity (Wildman–Crippen MR) is 114 cm³/mol. The molecule has 0 fully saturated rings. The summed E-state index contributed by atoms with van der Waals surface area (Å²) in [5, 5.41) is 6.22. The van der Waals surface area contributed by atoms with Crippen LogP contribution < -0.4 is 10.6 Å². The summed E-state index contributed by atoms with van der Waals surface area (Å²) in [5.41, 5.74) is 0.0930. The van der Waals surface area contributed by atoms with Crippen LogP contribution in [0.15, 0.2) is 30.5 Å². The number of hydrogen-bond donors (Lipinski definition) is 2. The van der Waals surface area contributed by atoms with Crippen molar-refractivity contribution >= 4 is 23.6 Å². The van der Waals surface area contributed by atoms with Crippen LogP contribution in [0.2, 0.25) is 0 Å². The molecule has 2 heterocycles. The summed E-state index contributed by atoms with van der Waals surface area (Å²) in [7, 11) is 0. The molecule has 2 aromatic heterocycles. The van der Waals surface area contributed by atoms with Gasteiger partial charge in [0.1, 0.15) is 22.9 Å². The van der Waals surface area contributed by atoms with Crippen molar-refractivity contribution in [2.24, 2.45) is 0 Å². The molecular formula is C21H29N5O4. The average Bonchev–Trinajstić information content (AvgIpc) is 2.67. The fourth-order valence-electron chi connectivity index (χ4n) is 2.45. The van der Waals surface area contributed by atoms with Gasteiger partial charge in [-0.3, -0.25) is 14.6 Å². The van der Waals surface area contributed by atoms with E-state index in [1.54, 1.807) is 19.2 Å². The lowest BCUT2D eigenvalue weighted by Gasteiger charge is -2.19. The lowest BCUT2D eigenvalue weighted by atomic mass is 10.2. The fourth-order valence-corrected chi connectivity index (χ4v) is 2.45. The Bertz CT molecular complexity index is 837. The van der Waals surface area contributed by atoms with Crippen LogP contribution in [0.5, 0.6) is 0 Å². The Labute approximate surface area is 176 Å². The van der Waals surface area contributed by atoms with E-state index >= 15 is 0 Å². The van der Waals surface area contributed by atoms with Gasteiger partial charge >= 0.3 is 11.9 Å². The second kappa shape index (κ2) is 11.1. The SMILES string of the molecule is CCOC(=O)CCNc1cc(NCCC(=O)OC(C)(C)C)nc(-c2ccccn2)n1. The van der Waals surface area contributed by atoms with Crippen LogP contribution in [0.25, 0.3) is 11.5 Å². The topological polar surface area (TPSA) is 115 Å². The quantitative estimate of drug-likeness (QED) is 0.565. The Hall–Kier alpha value is -3.23. The highest BCUT2D eigenvalue weighted by Gasteiger charge is 2.16. The van der Waals surface area contributed by atoms with Gasteiger partial charge in [-0.2, -0.15) is 0 Å². The summed E-state index contributed by atoms with van der Waals surface area (Å²) in [6.45, 7) is 8.33. The van der Waals surface area contributed by atoms with Crippen LogP contribution in [0.4, 0.5) is 11.6 Å². The summed E-state index contributed by atoms with van der Waals surface area (Å²) in [6.07, 6.45) is 2.08. The Kier molecular flexibility index (Phi) is 8.52. The van der Waals surface area contributed by atoms with Gasteiger partial charge in [0, 0.05) is 25.4 Å². The largest absolute Gasteiger partial charge is 0.466 e. The van der Waals surface area contributed by atoms with Gasteiger partial charge in [0.15, 0.2) is 5.82 Å². The van der Waals surface area contributed by atoms with Gasteiger partial charge in [0.05, 0.1) is 19.4 Å². The molecule has 0 bridgehead atoms. The number of anilines is 2. The molecular weight excluding hydrogens is 386 g/mol. The summed E-state index contributed by atoms with van der Waals surface area (Å²) >= 11 is 0. The van der Waals surface area contributed by atoms with E-state index in [1.165, 1.54) is 0 Å². The summed E-state index contributed by atoms with van der Waals surface area (Å²) in [4.78, 5) is 36.7. The number of rotatable bonds is 10. The van der Waals surface area contributed by atoms with E-state index in [-0.39, 0.29) is 24.8 Å². The first-order valence-corrected chi connectivity index (χ1v) is 9.92. The molecule has 2 rings (SSSR count). The lowest BCUT2D eigenvalue weighted by molar-refractivity contribution is -0.154. The molecule has 0 amide bonds. The number of aromatic nitrogens is 3. The Morgan fingerprint density at radius 1 is 1.00 bits per heavy atom. The van der Waals surface area contributed by atoms with Crippen molar-refractivity contribution in [3.63, 3.8) is 0 Å². The van der Waals surface area contributed by atoms with Crippen LogP contribution in [0, 0.1) is 0 Å². The zero-order valence-electron chi connectivity index (χ0n) is 17.9.